The molecule has 0 aromatic rings. The first-order valence-corrected chi connectivity index (χ1v) is 18.0. The van der Waals surface area contributed by atoms with Crippen molar-refractivity contribution >= 4 is 17.6 Å². The van der Waals surface area contributed by atoms with E-state index < -0.39 is 0 Å². The van der Waals surface area contributed by atoms with Crippen LogP contribution in [0.15, 0.2) is 0 Å². The molecule has 0 heterocycles. The Balaban J connectivity index is 3.07. The van der Waals surface area contributed by atoms with Crippen LogP contribution in [0.3, 0.4) is 0 Å². The lowest BCUT2D eigenvalue weighted by molar-refractivity contribution is -0.145. The van der Waals surface area contributed by atoms with Gasteiger partial charge in [-0.15, -0.1) is 11.6 Å². The zero-order chi connectivity index (χ0) is 34.7. The molecule has 0 spiro atoms. The van der Waals surface area contributed by atoms with Crippen molar-refractivity contribution in [2.24, 2.45) is 0 Å². The number of halogens is 1. The second-order valence-corrected chi connectivity index (χ2v) is 10.4. The van der Waals surface area contributed by atoms with Crippen LogP contribution in [0.25, 0.3) is 0 Å². The van der Waals surface area contributed by atoms with E-state index in [4.69, 9.17) is 73.2 Å². The van der Waals surface area contributed by atoms with Crippen LogP contribution >= 0.6 is 11.6 Å². The van der Waals surface area contributed by atoms with Crippen LogP contribution in [0.1, 0.15) is 39.0 Å². The second kappa shape index (κ2) is 44.3. The number of carbonyl (C=O) groups excluding carboxylic acids is 1. The summed E-state index contributed by atoms with van der Waals surface area (Å²) >= 11 is 5.51. The first-order chi connectivity index (χ1) is 23.8. The molecule has 0 aromatic carbocycles. The van der Waals surface area contributed by atoms with Gasteiger partial charge in [0.15, 0.2) is 0 Å². The molecule has 0 saturated carbocycles. The predicted molar refractivity (Wildman–Crippen MR) is 180 cm³/mol. The van der Waals surface area contributed by atoms with Gasteiger partial charge in [0.1, 0.15) is 6.61 Å². The van der Waals surface area contributed by atoms with Crippen LogP contribution in [0.5, 0.6) is 0 Å². The molecular weight excluding hydrogens is 656 g/mol. The van der Waals surface area contributed by atoms with E-state index in [1.54, 1.807) is 0 Å². The van der Waals surface area contributed by atoms with Crippen molar-refractivity contribution in [2.75, 3.05) is 171 Å². The largest absolute Gasteiger partial charge is 0.463 e. The third-order valence-electron chi connectivity index (χ3n) is 6.04. The number of esters is 1. The van der Waals surface area contributed by atoms with Crippen molar-refractivity contribution in [2.45, 2.75) is 39.0 Å². The highest BCUT2D eigenvalue weighted by atomic mass is 35.5. The van der Waals surface area contributed by atoms with Gasteiger partial charge in [-0.3, -0.25) is 4.79 Å². The van der Waals surface area contributed by atoms with Gasteiger partial charge < -0.3 is 61.6 Å². The van der Waals surface area contributed by atoms with Gasteiger partial charge in [-0.05, 0) is 6.42 Å². The van der Waals surface area contributed by atoms with Gasteiger partial charge in [0.05, 0.1) is 159 Å². The highest BCUT2D eigenvalue weighted by Crippen LogP contribution is 2.03. The minimum absolute atomic E-state index is 0.154. The number of carbonyl (C=O) groups is 1. The standard InChI is InChI=1S/C33H65ClO14/c1-2-3-4-5-6-33(35)48-32-31-47-30-29-46-28-27-45-26-25-44-24-23-43-22-21-42-20-19-41-18-17-40-16-15-39-14-13-38-12-11-37-10-9-36-8-7-34/h2-32H2,1H3. The zero-order valence-electron chi connectivity index (χ0n) is 29.5. The summed E-state index contributed by atoms with van der Waals surface area (Å²) in [5, 5.41) is 0. The molecule has 14 nitrogen and oxygen atoms in total. The van der Waals surface area contributed by atoms with E-state index in [1.165, 1.54) is 0 Å². The highest BCUT2D eigenvalue weighted by Gasteiger charge is 2.02. The van der Waals surface area contributed by atoms with E-state index in [0.717, 1.165) is 25.7 Å². The van der Waals surface area contributed by atoms with Crippen LogP contribution in [-0.4, -0.2) is 177 Å². The first-order valence-electron chi connectivity index (χ1n) is 17.5. The number of unbranched alkanes of at least 4 members (excludes halogenated alkanes) is 3. The van der Waals surface area contributed by atoms with Crippen LogP contribution < -0.4 is 0 Å². The maximum Gasteiger partial charge on any atom is 0.305 e. The smallest absolute Gasteiger partial charge is 0.305 e. The number of hydrogen-bond acceptors (Lipinski definition) is 14. The van der Waals surface area contributed by atoms with Gasteiger partial charge in [0.25, 0.3) is 0 Å². The normalized spacial score (nSPS) is 11.5. The van der Waals surface area contributed by atoms with Gasteiger partial charge in [-0.25, -0.2) is 0 Å². The Kier molecular flexibility index (Phi) is 43.6. The van der Waals surface area contributed by atoms with E-state index in [1.807, 2.05) is 0 Å². The minimum atomic E-state index is -0.154. The van der Waals surface area contributed by atoms with E-state index in [2.05, 4.69) is 6.92 Å². The van der Waals surface area contributed by atoms with Gasteiger partial charge in [0, 0.05) is 12.3 Å². The molecule has 15 heteroatoms. The Morgan fingerprint density at radius 2 is 0.604 bits per heavy atom. The first kappa shape index (κ1) is 47.3. The average Bonchev–Trinajstić information content (AvgIpc) is 3.09. The molecule has 0 rings (SSSR count). The molecule has 0 bridgehead atoms. The molecule has 0 aliphatic carbocycles. The lowest BCUT2D eigenvalue weighted by Crippen LogP contribution is -2.15. The van der Waals surface area contributed by atoms with Crippen molar-refractivity contribution < 1.29 is 66.4 Å². The van der Waals surface area contributed by atoms with E-state index in [9.17, 15) is 4.79 Å². The lowest BCUT2D eigenvalue weighted by Gasteiger charge is -2.09. The fraction of sp³-hybridized carbons (Fsp3) is 0.970. The summed E-state index contributed by atoms with van der Waals surface area (Å²) in [4.78, 5) is 11.5. The highest BCUT2D eigenvalue weighted by molar-refractivity contribution is 6.17. The third kappa shape index (κ3) is 43.3. The van der Waals surface area contributed by atoms with Gasteiger partial charge in [-0.2, -0.15) is 0 Å². The Morgan fingerprint density at radius 3 is 0.854 bits per heavy atom. The van der Waals surface area contributed by atoms with Gasteiger partial charge in [-0.1, -0.05) is 26.2 Å². The Labute approximate surface area is 293 Å². The quantitative estimate of drug-likeness (QED) is 0.0519. The van der Waals surface area contributed by atoms with Crippen molar-refractivity contribution in [3.8, 4) is 0 Å². The fourth-order valence-electron chi connectivity index (χ4n) is 3.56. The third-order valence-corrected chi connectivity index (χ3v) is 6.19. The molecule has 0 fully saturated rings. The molecule has 0 aliphatic heterocycles. The van der Waals surface area contributed by atoms with Crippen LogP contribution in [-0.2, 0) is 66.4 Å². The molecule has 0 atom stereocenters. The SMILES string of the molecule is CCCCCCC(=O)OCCOCCOCCOCCOCCOCCOCCOCCOCCOCCOCCOCCOCCCl. The number of rotatable bonds is 43. The minimum Gasteiger partial charge on any atom is -0.463 e. The molecule has 0 N–H and O–H groups in total. The average molecular weight is 721 g/mol. The molecule has 0 aromatic heterocycles. The van der Waals surface area contributed by atoms with Crippen molar-refractivity contribution in [3.05, 3.63) is 0 Å². The van der Waals surface area contributed by atoms with Crippen molar-refractivity contribution in [1.82, 2.24) is 0 Å². The van der Waals surface area contributed by atoms with Crippen LogP contribution in [0.2, 0.25) is 0 Å². The maximum atomic E-state index is 11.5. The lowest BCUT2D eigenvalue weighted by atomic mass is 10.2. The number of ether oxygens (including phenoxy) is 13. The monoisotopic (exact) mass is 720 g/mol. The number of alkyl halides is 1. The van der Waals surface area contributed by atoms with E-state index in [0.29, 0.717) is 171 Å². The summed E-state index contributed by atoms with van der Waals surface area (Å²) in [6, 6.07) is 0. The summed E-state index contributed by atoms with van der Waals surface area (Å²) in [7, 11) is 0. The number of hydrogen-bond donors (Lipinski definition) is 0. The van der Waals surface area contributed by atoms with Crippen molar-refractivity contribution in [1.29, 1.82) is 0 Å². The van der Waals surface area contributed by atoms with Crippen LogP contribution in [0.4, 0.5) is 0 Å². The Morgan fingerprint density at radius 1 is 0.354 bits per heavy atom. The van der Waals surface area contributed by atoms with Crippen molar-refractivity contribution in [3.63, 3.8) is 0 Å². The van der Waals surface area contributed by atoms with Crippen LogP contribution in [0, 0.1) is 0 Å². The van der Waals surface area contributed by atoms with Gasteiger partial charge >= 0.3 is 5.97 Å². The molecule has 0 amide bonds. The second-order valence-electron chi connectivity index (χ2n) is 10.1. The van der Waals surface area contributed by atoms with Gasteiger partial charge in [0.2, 0.25) is 0 Å². The molecular formula is C33H65ClO14. The summed E-state index contributed by atoms with van der Waals surface area (Å²) in [5.74, 6) is 0.341. The fourth-order valence-corrected chi connectivity index (χ4v) is 3.67. The molecule has 0 aliphatic rings. The molecule has 288 valence electrons. The molecule has 0 saturated heterocycles. The molecule has 48 heavy (non-hydrogen) atoms. The maximum absolute atomic E-state index is 11.5. The summed E-state index contributed by atoms with van der Waals surface area (Å²) in [5.41, 5.74) is 0. The molecule has 0 unspecified atom stereocenters. The summed E-state index contributed by atoms with van der Waals surface area (Å²) < 4.78 is 70.2. The topological polar surface area (TPSA) is 137 Å². The zero-order valence-corrected chi connectivity index (χ0v) is 30.3. The Bertz CT molecular complexity index is 609. The summed E-state index contributed by atoms with van der Waals surface area (Å²) in [6.07, 6.45) is 4.75. The summed E-state index contributed by atoms with van der Waals surface area (Å²) in [6.45, 7) is 14.4. The Hall–Kier alpha value is -0.720. The van der Waals surface area contributed by atoms with E-state index in [-0.39, 0.29) is 12.6 Å². The predicted octanol–water partition coefficient (Wildman–Crippen LogP) is 2.94. The molecule has 0 radical (unpaired) electrons. The van der Waals surface area contributed by atoms with E-state index >= 15 is 0 Å².